The Kier molecular flexibility index (Phi) is 5.95. The topological polar surface area (TPSA) is 78.4 Å². The van der Waals surface area contributed by atoms with Crippen molar-refractivity contribution in [2.24, 2.45) is 5.92 Å². The lowest BCUT2D eigenvalue weighted by atomic mass is 9.85. The van der Waals surface area contributed by atoms with Crippen molar-refractivity contribution in [1.29, 1.82) is 0 Å². The molecule has 0 radical (unpaired) electrons. The molecule has 1 fully saturated rings. The molecule has 1 aromatic rings. The first-order valence-corrected chi connectivity index (χ1v) is 7.85. The van der Waals surface area contributed by atoms with Gasteiger partial charge in [-0.05, 0) is 44.0 Å². The normalized spacial score (nSPS) is 22.8. The van der Waals surface area contributed by atoms with Gasteiger partial charge in [0.05, 0.1) is 6.04 Å². The van der Waals surface area contributed by atoms with Gasteiger partial charge < -0.3 is 20.5 Å². The van der Waals surface area contributed by atoms with Gasteiger partial charge in [0.15, 0.2) is 0 Å². The fraction of sp³-hybridized carbons (Fsp3) is 0.529. The van der Waals surface area contributed by atoms with Crippen LogP contribution in [0.3, 0.4) is 0 Å². The van der Waals surface area contributed by atoms with Gasteiger partial charge in [-0.2, -0.15) is 0 Å². The Morgan fingerprint density at radius 1 is 1.32 bits per heavy atom. The number of aromatic hydroxyl groups is 1. The minimum absolute atomic E-state index is 0.0468. The predicted octanol–water partition coefficient (Wildman–Crippen LogP) is 1.40. The van der Waals surface area contributed by atoms with E-state index in [0.717, 1.165) is 37.5 Å². The zero-order valence-electron chi connectivity index (χ0n) is 12.9. The number of carbonyl (C=O) groups is 2. The quantitative estimate of drug-likeness (QED) is 0.694. The van der Waals surface area contributed by atoms with E-state index in [0.29, 0.717) is 6.42 Å². The van der Waals surface area contributed by atoms with Crippen LogP contribution in [-0.4, -0.2) is 36.4 Å². The van der Waals surface area contributed by atoms with Gasteiger partial charge in [0.2, 0.25) is 5.91 Å². The lowest BCUT2D eigenvalue weighted by Crippen LogP contribution is -2.50. The van der Waals surface area contributed by atoms with E-state index >= 15 is 0 Å². The summed E-state index contributed by atoms with van der Waals surface area (Å²) in [5.74, 6) is 0.0726. The largest absolute Gasteiger partial charge is 0.508 e. The Labute approximate surface area is 131 Å². The third-order valence-corrected chi connectivity index (χ3v) is 4.36. The van der Waals surface area contributed by atoms with E-state index in [-0.39, 0.29) is 29.7 Å². The molecule has 0 saturated heterocycles. The van der Waals surface area contributed by atoms with E-state index in [4.69, 9.17) is 0 Å². The highest BCUT2D eigenvalue weighted by atomic mass is 16.3. The number of carbonyl (C=O) groups excluding carboxylic acids is 2. The first kappa shape index (κ1) is 16.5. The lowest BCUT2D eigenvalue weighted by molar-refractivity contribution is -0.124. The number of phenolic OH excluding ortho intramolecular Hbond substituents is 1. The molecule has 5 nitrogen and oxygen atoms in total. The van der Waals surface area contributed by atoms with Crippen molar-refractivity contribution in [3.8, 4) is 5.75 Å². The van der Waals surface area contributed by atoms with Crippen molar-refractivity contribution in [2.45, 2.75) is 44.2 Å². The predicted molar refractivity (Wildman–Crippen MR) is 84.6 cm³/mol. The molecule has 1 aliphatic carbocycles. The number of hydrogen-bond donors (Lipinski definition) is 3. The third kappa shape index (κ3) is 4.31. The van der Waals surface area contributed by atoms with Crippen LogP contribution in [0.25, 0.3) is 0 Å². The number of rotatable bonds is 6. The van der Waals surface area contributed by atoms with Crippen molar-refractivity contribution >= 4 is 12.2 Å². The molecule has 0 spiro atoms. The summed E-state index contributed by atoms with van der Waals surface area (Å²) in [6, 6.07) is 6.45. The van der Waals surface area contributed by atoms with Gasteiger partial charge in [0.25, 0.3) is 0 Å². The maximum absolute atomic E-state index is 12.4. The number of aldehydes is 1. The number of phenols is 1. The summed E-state index contributed by atoms with van der Waals surface area (Å²) in [6.07, 6.45) is 5.34. The van der Waals surface area contributed by atoms with Crippen LogP contribution in [0, 0.1) is 5.92 Å². The lowest BCUT2D eigenvalue weighted by Gasteiger charge is -2.30. The number of amides is 1. The zero-order chi connectivity index (χ0) is 15.9. The number of nitrogens with one attached hydrogen (secondary N) is 2. The van der Waals surface area contributed by atoms with Gasteiger partial charge in [0, 0.05) is 12.0 Å². The summed E-state index contributed by atoms with van der Waals surface area (Å²) in [7, 11) is 1.75. The molecule has 120 valence electrons. The molecule has 0 aliphatic heterocycles. The Morgan fingerprint density at radius 3 is 2.64 bits per heavy atom. The monoisotopic (exact) mass is 304 g/mol. The molecule has 1 saturated carbocycles. The Hall–Kier alpha value is -1.88. The molecule has 1 amide bonds. The van der Waals surface area contributed by atoms with Crippen LogP contribution in [0.15, 0.2) is 24.3 Å². The van der Waals surface area contributed by atoms with E-state index in [1.165, 1.54) is 0 Å². The summed E-state index contributed by atoms with van der Waals surface area (Å²) in [5, 5.41) is 15.3. The molecular formula is C17H24N2O3. The maximum Gasteiger partial charge on any atom is 0.237 e. The van der Waals surface area contributed by atoms with Crippen LogP contribution in [0.1, 0.15) is 31.2 Å². The number of likely N-dealkylation sites (N-methyl/N-ethyl adjacent to an activating group) is 1. The second kappa shape index (κ2) is 7.94. The molecule has 3 atom stereocenters. The SMILES string of the molecule is CNC(Cc1ccc(O)cc1)C(=O)NC1CCCCC1C=O. The summed E-state index contributed by atoms with van der Waals surface area (Å²) in [4.78, 5) is 23.6. The minimum Gasteiger partial charge on any atom is -0.508 e. The van der Waals surface area contributed by atoms with Crippen LogP contribution < -0.4 is 10.6 Å². The van der Waals surface area contributed by atoms with E-state index in [1.54, 1.807) is 19.2 Å². The molecule has 1 aliphatic rings. The summed E-state index contributed by atoms with van der Waals surface area (Å²) >= 11 is 0. The average molecular weight is 304 g/mol. The molecule has 3 unspecified atom stereocenters. The van der Waals surface area contributed by atoms with Crippen LogP contribution in [0.4, 0.5) is 0 Å². The van der Waals surface area contributed by atoms with Gasteiger partial charge in [-0.25, -0.2) is 0 Å². The van der Waals surface area contributed by atoms with E-state index in [9.17, 15) is 14.7 Å². The van der Waals surface area contributed by atoms with Gasteiger partial charge in [-0.15, -0.1) is 0 Å². The summed E-state index contributed by atoms with van der Waals surface area (Å²) in [6.45, 7) is 0. The summed E-state index contributed by atoms with van der Waals surface area (Å²) in [5.41, 5.74) is 0.975. The molecule has 0 heterocycles. The first-order valence-electron chi connectivity index (χ1n) is 7.85. The highest BCUT2D eigenvalue weighted by molar-refractivity contribution is 5.82. The second-order valence-electron chi connectivity index (χ2n) is 5.91. The third-order valence-electron chi connectivity index (χ3n) is 4.36. The van der Waals surface area contributed by atoms with Gasteiger partial charge in [-0.1, -0.05) is 25.0 Å². The van der Waals surface area contributed by atoms with Gasteiger partial charge >= 0.3 is 0 Å². The van der Waals surface area contributed by atoms with Crippen molar-refractivity contribution in [3.05, 3.63) is 29.8 Å². The molecular weight excluding hydrogens is 280 g/mol. The van der Waals surface area contributed by atoms with E-state index in [2.05, 4.69) is 10.6 Å². The fourth-order valence-corrected chi connectivity index (χ4v) is 2.98. The van der Waals surface area contributed by atoms with Crippen molar-refractivity contribution in [2.75, 3.05) is 7.05 Å². The molecule has 3 N–H and O–H groups in total. The zero-order valence-corrected chi connectivity index (χ0v) is 12.9. The molecule has 22 heavy (non-hydrogen) atoms. The Morgan fingerprint density at radius 2 is 2.00 bits per heavy atom. The second-order valence-corrected chi connectivity index (χ2v) is 5.91. The first-order chi connectivity index (χ1) is 10.6. The average Bonchev–Trinajstić information content (AvgIpc) is 2.54. The maximum atomic E-state index is 12.4. The number of benzene rings is 1. The highest BCUT2D eigenvalue weighted by Crippen LogP contribution is 2.23. The molecule has 5 heteroatoms. The molecule has 1 aromatic carbocycles. The van der Waals surface area contributed by atoms with Crippen LogP contribution in [-0.2, 0) is 16.0 Å². The Bertz CT molecular complexity index is 501. The minimum atomic E-state index is -0.348. The molecule has 2 rings (SSSR count). The Balaban J connectivity index is 1.96. The van der Waals surface area contributed by atoms with Gasteiger partial charge in [-0.3, -0.25) is 4.79 Å². The van der Waals surface area contributed by atoms with Crippen molar-refractivity contribution in [3.63, 3.8) is 0 Å². The molecule has 0 aromatic heterocycles. The molecule has 0 bridgehead atoms. The fourth-order valence-electron chi connectivity index (χ4n) is 2.98. The highest BCUT2D eigenvalue weighted by Gasteiger charge is 2.28. The van der Waals surface area contributed by atoms with Crippen LogP contribution in [0.5, 0.6) is 5.75 Å². The summed E-state index contributed by atoms with van der Waals surface area (Å²) < 4.78 is 0. The number of hydrogen-bond acceptors (Lipinski definition) is 4. The van der Waals surface area contributed by atoms with Crippen LogP contribution in [0.2, 0.25) is 0 Å². The van der Waals surface area contributed by atoms with E-state index < -0.39 is 0 Å². The van der Waals surface area contributed by atoms with Crippen LogP contribution >= 0.6 is 0 Å². The van der Waals surface area contributed by atoms with Crippen molar-refractivity contribution < 1.29 is 14.7 Å². The van der Waals surface area contributed by atoms with Crippen molar-refractivity contribution in [1.82, 2.24) is 10.6 Å². The van der Waals surface area contributed by atoms with E-state index in [1.807, 2.05) is 12.1 Å². The standard InChI is InChI=1S/C17H24N2O3/c1-18-16(10-12-6-8-14(21)9-7-12)17(22)19-15-5-3-2-4-13(15)11-20/h6-9,11,13,15-16,18,21H,2-5,10H2,1H3,(H,19,22). The smallest absolute Gasteiger partial charge is 0.237 e. The van der Waals surface area contributed by atoms with Gasteiger partial charge in [0.1, 0.15) is 12.0 Å².